The van der Waals surface area contributed by atoms with E-state index in [1.54, 1.807) is 44.4 Å². The molecule has 0 unspecified atom stereocenters. The monoisotopic (exact) mass is 358 g/mol. The number of ether oxygens (including phenoxy) is 1. The molecule has 0 spiro atoms. The molecule has 0 radical (unpaired) electrons. The van der Waals surface area contributed by atoms with E-state index in [9.17, 15) is 14.0 Å². The topological polar surface area (TPSA) is 67.4 Å². The maximum absolute atomic E-state index is 13.4. The predicted octanol–water partition coefficient (Wildman–Crippen LogP) is 3.54. The Morgan fingerprint density at radius 3 is 2.31 bits per heavy atom. The molecule has 0 saturated carbocycles. The second-order valence-corrected chi connectivity index (χ2v) is 6.37. The van der Waals surface area contributed by atoms with E-state index >= 15 is 0 Å². The van der Waals surface area contributed by atoms with Gasteiger partial charge < -0.3 is 15.4 Å². The lowest BCUT2D eigenvalue weighted by Gasteiger charge is -2.22. The SMILES string of the molecule is COc1ccc(C(=O)N[C@@H](C(=O)Nc2cc(F)ccc2C)C(C)C)cc1. The molecule has 0 aliphatic rings. The average molecular weight is 358 g/mol. The van der Waals surface area contributed by atoms with E-state index in [2.05, 4.69) is 10.6 Å². The van der Waals surface area contributed by atoms with Gasteiger partial charge >= 0.3 is 0 Å². The fourth-order valence-electron chi connectivity index (χ4n) is 2.44. The van der Waals surface area contributed by atoms with Gasteiger partial charge in [-0.3, -0.25) is 9.59 Å². The highest BCUT2D eigenvalue weighted by atomic mass is 19.1. The Bertz CT molecular complexity index is 788. The molecule has 0 aliphatic heterocycles. The van der Waals surface area contributed by atoms with Gasteiger partial charge in [-0.15, -0.1) is 0 Å². The quantitative estimate of drug-likeness (QED) is 0.830. The molecule has 5 nitrogen and oxygen atoms in total. The van der Waals surface area contributed by atoms with E-state index in [1.165, 1.54) is 12.1 Å². The molecule has 2 N–H and O–H groups in total. The van der Waals surface area contributed by atoms with Crippen LogP contribution in [0.5, 0.6) is 5.75 Å². The minimum atomic E-state index is -0.757. The number of carbonyl (C=O) groups is 2. The average Bonchev–Trinajstić information content (AvgIpc) is 2.62. The normalized spacial score (nSPS) is 11.8. The molecule has 2 aromatic rings. The van der Waals surface area contributed by atoms with Gasteiger partial charge in [0.25, 0.3) is 5.91 Å². The summed E-state index contributed by atoms with van der Waals surface area (Å²) in [5.41, 5.74) is 1.55. The van der Waals surface area contributed by atoms with Crippen LogP contribution in [0.3, 0.4) is 0 Å². The highest BCUT2D eigenvalue weighted by molar-refractivity contribution is 6.01. The maximum atomic E-state index is 13.4. The number of amides is 2. The first-order valence-corrected chi connectivity index (χ1v) is 8.33. The summed E-state index contributed by atoms with van der Waals surface area (Å²) in [5, 5.41) is 5.43. The van der Waals surface area contributed by atoms with Crippen molar-refractivity contribution in [1.82, 2.24) is 5.32 Å². The van der Waals surface area contributed by atoms with Gasteiger partial charge in [0.05, 0.1) is 7.11 Å². The van der Waals surface area contributed by atoms with Crippen LogP contribution in [0.1, 0.15) is 29.8 Å². The van der Waals surface area contributed by atoms with E-state index < -0.39 is 17.8 Å². The molecule has 26 heavy (non-hydrogen) atoms. The lowest BCUT2D eigenvalue weighted by Crippen LogP contribution is -2.47. The first-order valence-electron chi connectivity index (χ1n) is 8.33. The van der Waals surface area contributed by atoms with Crippen molar-refractivity contribution in [3.8, 4) is 5.75 Å². The Labute approximate surface area is 152 Å². The number of carbonyl (C=O) groups excluding carboxylic acids is 2. The second-order valence-electron chi connectivity index (χ2n) is 6.37. The number of rotatable bonds is 6. The minimum Gasteiger partial charge on any atom is -0.497 e. The fraction of sp³-hybridized carbons (Fsp3) is 0.300. The number of aryl methyl sites for hydroxylation is 1. The van der Waals surface area contributed by atoms with E-state index in [0.29, 0.717) is 17.0 Å². The Kier molecular flexibility index (Phi) is 6.33. The van der Waals surface area contributed by atoms with Crippen LogP contribution in [-0.2, 0) is 4.79 Å². The molecule has 0 fully saturated rings. The van der Waals surface area contributed by atoms with E-state index in [4.69, 9.17) is 4.74 Å². The zero-order chi connectivity index (χ0) is 19.3. The summed E-state index contributed by atoms with van der Waals surface area (Å²) in [6, 6.07) is 10.0. The molecular weight excluding hydrogens is 335 g/mol. The van der Waals surface area contributed by atoms with Crippen molar-refractivity contribution in [3.63, 3.8) is 0 Å². The summed E-state index contributed by atoms with van der Waals surface area (Å²) < 4.78 is 18.5. The predicted molar refractivity (Wildman–Crippen MR) is 98.9 cm³/mol. The first kappa shape index (κ1) is 19.4. The first-order chi connectivity index (χ1) is 12.3. The van der Waals surface area contributed by atoms with Gasteiger partial charge in [0.1, 0.15) is 17.6 Å². The number of anilines is 1. The van der Waals surface area contributed by atoms with Crippen LogP contribution in [0.2, 0.25) is 0 Å². The minimum absolute atomic E-state index is 0.147. The van der Waals surface area contributed by atoms with Crippen molar-refractivity contribution in [2.24, 2.45) is 5.92 Å². The standard InChI is InChI=1S/C20H23FN2O3/c1-12(2)18(20(25)22-17-11-15(21)8-5-13(17)3)23-19(24)14-6-9-16(26-4)10-7-14/h5-12,18H,1-4H3,(H,22,25)(H,23,24)/t18-/m1/s1. The summed E-state index contributed by atoms with van der Waals surface area (Å²) in [4.78, 5) is 25.1. The molecule has 0 aromatic heterocycles. The third-order valence-corrected chi connectivity index (χ3v) is 4.05. The highest BCUT2D eigenvalue weighted by Gasteiger charge is 2.25. The summed E-state index contributed by atoms with van der Waals surface area (Å²) in [6.07, 6.45) is 0. The number of hydrogen-bond donors (Lipinski definition) is 2. The van der Waals surface area contributed by atoms with Gasteiger partial charge in [-0.2, -0.15) is 0 Å². The van der Waals surface area contributed by atoms with Gasteiger partial charge in [0.2, 0.25) is 5.91 Å². The molecule has 2 amide bonds. The van der Waals surface area contributed by atoms with Crippen molar-refractivity contribution in [2.75, 3.05) is 12.4 Å². The van der Waals surface area contributed by atoms with Crippen LogP contribution in [0.15, 0.2) is 42.5 Å². The Hall–Kier alpha value is -2.89. The van der Waals surface area contributed by atoms with Gasteiger partial charge in [-0.05, 0) is 54.8 Å². The second kappa shape index (κ2) is 8.47. The summed E-state index contributed by atoms with van der Waals surface area (Å²) >= 11 is 0. The van der Waals surface area contributed by atoms with Gasteiger partial charge in [-0.1, -0.05) is 19.9 Å². The molecule has 6 heteroatoms. The smallest absolute Gasteiger partial charge is 0.251 e. The Morgan fingerprint density at radius 2 is 1.73 bits per heavy atom. The fourth-order valence-corrected chi connectivity index (χ4v) is 2.44. The largest absolute Gasteiger partial charge is 0.497 e. The molecule has 2 aromatic carbocycles. The summed E-state index contributed by atoms with van der Waals surface area (Å²) in [7, 11) is 1.54. The van der Waals surface area contributed by atoms with Crippen molar-refractivity contribution in [1.29, 1.82) is 0 Å². The number of hydrogen-bond acceptors (Lipinski definition) is 3. The zero-order valence-electron chi connectivity index (χ0n) is 15.3. The molecular formula is C20H23FN2O3. The number of halogens is 1. The van der Waals surface area contributed by atoms with Crippen LogP contribution in [0.25, 0.3) is 0 Å². The van der Waals surface area contributed by atoms with Crippen LogP contribution in [0.4, 0.5) is 10.1 Å². The number of benzene rings is 2. The molecule has 1 atom stereocenters. The van der Waals surface area contributed by atoms with Crippen molar-refractivity contribution in [2.45, 2.75) is 26.8 Å². The van der Waals surface area contributed by atoms with Crippen molar-refractivity contribution in [3.05, 3.63) is 59.4 Å². The van der Waals surface area contributed by atoms with Gasteiger partial charge in [-0.25, -0.2) is 4.39 Å². The maximum Gasteiger partial charge on any atom is 0.251 e. The molecule has 0 bridgehead atoms. The molecule has 2 rings (SSSR count). The molecule has 0 heterocycles. The third kappa shape index (κ3) is 4.81. The van der Waals surface area contributed by atoms with E-state index in [1.807, 2.05) is 13.8 Å². The number of methoxy groups -OCH3 is 1. The van der Waals surface area contributed by atoms with Gasteiger partial charge in [0, 0.05) is 11.3 Å². The third-order valence-electron chi connectivity index (χ3n) is 4.05. The Morgan fingerprint density at radius 1 is 1.08 bits per heavy atom. The van der Waals surface area contributed by atoms with Crippen LogP contribution in [-0.4, -0.2) is 25.0 Å². The zero-order valence-corrected chi connectivity index (χ0v) is 15.3. The van der Waals surface area contributed by atoms with Crippen LogP contribution >= 0.6 is 0 Å². The Balaban J connectivity index is 2.13. The van der Waals surface area contributed by atoms with Crippen LogP contribution in [0, 0.1) is 18.7 Å². The van der Waals surface area contributed by atoms with Gasteiger partial charge in [0.15, 0.2) is 0 Å². The van der Waals surface area contributed by atoms with E-state index in [-0.39, 0.29) is 11.8 Å². The molecule has 0 saturated heterocycles. The lowest BCUT2D eigenvalue weighted by atomic mass is 10.0. The molecule has 138 valence electrons. The van der Waals surface area contributed by atoms with E-state index in [0.717, 1.165) is 5.56 Å². The lowest BCUT2D eigenvalue weighted by molar-refractivity contribution is -0.118. The highest BCUT2D eigenvalue weighted by Crippen LogP contribution is 2.18. The van der Waals surface area contributed by atoms with Crippen LogP contribution < -0.4 is 15.4 Å². The molecule has 0 aliphatic carbocycles. The number of nitrogens with one attached hydrogen (secondary N) is 2. The summed E-state index contributed by atoms with van der Waals surface area (Å²) in [5.74, 6) is -0.699. The van der Waals surface area contributed by atoms with Crippen molar-refractivity contribution >= 4 is 17.5 Å². The van der Waals surface area contributed by atoms with Crippen molar-refractivity contribution < 1.29 is 18.7 Å². The summed E-state index contributed by atoms with van der Waals surface area (Å²) in [6.45, 7) is 5.43.